The van der Waals surface area contributed by atoms with Crippen LogP contribution >= 0.6 is 23.2 Å². The Kier molecular flexibility index (Phi) is 12.4. The smallest absolute Gasteiger partial charge is 0.335 e. The van der Waals surface area contributed by atoms with E-state index in [-0.39, 0.29) is 49.9 Å². The Morgan fingerprint density at radius 3 is 1.92 bits per heavy atom. The first-order chi connectivity index (χ1) is 24.8. The topological polar surface area (TPSA) is 170 Å². The number of aliphatic carboxylic acids is 1. The van der Waals surface area contributed by atoms with Crippen LogP contribution in [0.1, 0.15) is 74.8 Å². The molecule has 0 atom stereocenters. The largest absolute Gasteiger partial charge is 0.481 e. The van der Waals surface area contributed by atoms with Gasteiger partial charge in [0.25, 0.3) is 11.8 Å². The second kappa shape index (κ2) is 16.7. The monoisotopic (exact) mass is 765 g/mol. The van der Waals surface area contributed by atoms with Gasteiger partial charge in [-0.3, -0.25) is 14.4 Å². The van der Waals surface area contributed by atoms with Gasteiger partial charge in [0, 0.05) is 23.8 Å². The predicted molar refractivity (Wildman–Crippen MR) is 199 cm³/mol. The molecule has 0 bridgehead atoms. The summed E-state index contributed by atoms with van der Waals surface area (Å²) in [5.74, 6) is -3.61. The standard InChI is InChI=1S/C38H37Cl2N3O8S/c1-2-43(29-18-14-26(15-19-29)38(48)49)52(50,51)30-5-3-4-27(20-30)35(44)42-34-22-33(40)32(39)21-31(34)36(45)41-28-16-10-24(11-17-28)7-6-23-8-12-25(13-9-23)37(46)47/h3-5,8-13,16-17,20-22,26,29H,2,6-7,14-15,18-19H2,1H3,(H,41,45)(H,42,44)(H,46,47)(H,48,49)/t26-,29-. The number of aromatic carboxylic acids is 1. The number of halogens is 2. The summed E-state index contributed by atoms with van der Waals surface area (Å²) >= 11 is 12.5. The maximum atomic E-state index is 13.7. The van der Waals surface area contributed by atoms with Crippen molar-refractivity contribution < 1.29 is 37.8 Å². The number of benzene rings is 4. The van der Waals surface area contributed by atoms with Gasteiger partial charge in [-0.25, -0.2) is 13.2 Å². The van der Waals surface area contributed by atoms with Crippen LogP contribution in [0.3, 0.4) is 0 Å². The molecule has 5 rings (SSSR count). The Hall–Kier alpha value is -4.75. The van der Waals surface area contributed by atoms with Gasteiger partial charge in [-0.1, -0.05) is 60.5 Å². The molecule has 0 aromatic heterocycles. The SMILES string of the molecule is CCN([C@H]1CC[C@H](C(=O)O)CC1)S(=O)(=O)c1cccc(C(=O)Nc2cc(Cl)c(Cl)cc2C(=O)Nc2ccc(CCc3ccc(C(=O)O)cc3)cc2)c1. The second-order valence-electron chi connectivity index (χ2n) is 12.5. The molecule has 4 N–H and O–H groups in total. The molecule has 2 amide bonds. The van der Waals surface area contributed by atoms with E-state index in [1.54, 1.807) is 43.3 Å². The Balaban J connectivity index is 1.27. The summed E-state index contributed by atoms with van der Waals surface area (Å²) < 4.78 is 28.8. The lowest BCUT2D eigenvalue weighted by atomic mass is 9.86. The average molecular weight is 767 g/mol. The molecule has 0 spiro atoms. The molecule has 0 radical (unpaired) electrons. The van der Waals surface area contributed by atoms with Crippen LogP contribution in [0.5, 0.6) is 0 Å². The lowest BCUT2D eigenvalue weighted by Crippen LogP contribution is -2.42. The van der Waals surface area contributed by atoms with Crippen molar-refractivity contribution in [2.75, 3.05) is 17.2 Å². The summed E-state index contributed by atoms with van der Waals surface area (Å²) in [6.45, 7) is 1.89. The van der Waals surface area contributed by atoms with E-state index in [4.69, 9.17) is 28.3 Å². The lowest BCUT2D eigenvalue weighted by Gasteiger charge is -2.34. The Bertz CT molecular complexity index is 2080. The quantitative estimate of drug-likeness (QED) is 0.108. The number of hydrogen-bond acceptors (Lipinski definition) is 6. The molecule has 4 aromatic rings. The summed E-state index contributed by atoms with van der Waals surface area (Å²) in [5, 5.41) is 24.1. The summed E-state index contributed by atoms with van der Waals surface area (Å²) in [5.41, 5.74) is 2.80. The molecular weight excluding hydrogens is 729 g/mol. The second-order valence-corrected chi connectivity index (χ2v) is 15.2. The Labute approximate surface area is 311 Å². The van der Waals surface area contributed by atoms with Crippen LogP contribution in [0.25, 0.3) is 0 Å². The number of rotatable bonds is 13. The number of hydrogen-bond donors (Lipinski definition) is 4. The summed E-state index contributed by atoms with van der Waals surface area (Å²) in [6.07, 6.45) is 2.99. The molecule has 272 valence electrons. The first-order valence-corrected chi connectivity index (χ1v) is 18.8. The van der Waals surface area contributed by atoms with E-state index in [9.17, 15) is 32.7 Å². The summed E-state index contributed by atoms with van der Waals surface area (Å²) in [7, 11) is -4.03. The fraction of sp³-hybridized carbons (Fsp3) is 0.263. The van der Waals surface area contributed by atoms with Gasteiger partial charge in [-0.05, 0) is 104 Å². The molecule has 1 saturated carbocycles. The number of aryl methyl sites for hydroxylation is 2. The molecular formula is C38H37Cl2N3O8S. The lowest BCUT2D eigenvalue weighted by molar-refractivity contribution is -0.143. The van der Waals surface area contributed by atoms with Crippen LogP contribution in [0, 0.1) is 5.92 Å². The first kappa shape index (κ1) is 38.5. The van der Waals surface area contributed by atoms with Crippen molar-refractivity contribution in [3.63, 3.8) is 0 Å². The minimum atomic E-state index is -4.03. The van der Waals surface area contributed by atoms with E-state index < -0.39 is 39.7 Å². The van der Waals surface area contributed by atoms with Crippen molar-refractivity contribution in [2.24, 2.45) is 5.92 Å². The minimum Gasteiger partial charge on any atom is -0.481 e. The molecule has 4 aromatic carbocycles. The van der Waals surface area contributed by atoms with Crippen LogP contribution < -0.4 is 10.6 Å². The number of carbonyl (C=O) groups excluding carboxylic acids is 2. The average Bonchev–Trinajstić information content (AvgIpc) is 3.13. The molecule has 52 heavy (non-hydrogen) atoms. The summed E-state index contributed by atoms with van der Waals surface area (Å²) in [6, 6.07) is 21.8. The van der Waals surface area contributed by atoms with Crippen molar-refractivity contribution in [1.82, 2.24) is 4.31 Å². The number of carbonyl (C=O) groups is 4. The molecule has 1 fully saturated rings. The van der Waals surface area contributed by atoms with Crippen LogP contribution in [0.15, 0.2) is 89.8 Å². The third-order valence-corrected chi connectivity index (χ3v) is 11.9. The first-order valence-electron chi connectivity index (χ1n) is 16.6. The molecule has 0 aliphatic heterocycles. The zero-order valence-corrected chi connectivity index (χ0v) is 30.5. The van der Waals surface area contributed by atoms with Crippen LogP contribution in [-0.2, 0) is 27.7 Å². The predicted octanol–water partition coefficient (Wildman–Crippen LogP) is 7.64. The van der Waals surface area contributed by atoms with Gasteiger partial charge >= 0.3 is 11.9 Å². The number of sulfonamides is 1. The zero-order valence-electron chi connectivity index (χ0n) is 28.1. The van der Waals surface area contributed by atoms with E-state index in [0.717, 1.165) is 11.1 Å². The maximum Gasteiger partial charge on any atom is 0.335 e. The molecule has 0 heterocycles. The van der Waals surface area contributed by atoms with Crippen LogP contribution in [-0.4, -0.2) is 59.3 Å². The van der Waals surface area contributed by atoms with Gasteiger partial charge < -0.3 is 20.8 Å². The van der Waals surface area contributed by atoms with E-state index in [0.29, 0.717) is 44.2 Å². The zero-order chi connectivity index (χ0) is 37.6. The maximum absolute atomic E-state index is 13.7. The van der Waals surface area contributed by atoms with Crippen molar-refractivity contribution in [3.8, 4) is 0 Å². The normalized spacial score (nSPS) is 15.9. The van der Waals surface area contributed by atoms with E-state index in [2.05, 4.69) is 10.6 Å². The molecule has 0 unspecified atom stereocenters. The fourth-order valence-electron chi connectivity index (χ4n) is 6.26. The molecule has 14 heteroatoms. The third kappa shape index (κ3) is 9.18. The van der Waals surface area contributed by atoms with Gasteiger partial charge in [-0.15, -0.1) is 0 Å². The number of nitrogens with zero attached hydrogens (tertiary/aromatic N) is 1. The molecule has 11 nitrogen and oxygen atoms in total. The van der Waals surface area contributed by atoms with Gasteiger partial charge in [0.15, 0.2) is 0 Å². The van der Waals surface area contributed by atoms with Gasteiger partial charge in [-0.2, -0.15) is 4.31 Å². The van der Waals surface area contributed by atoms with Crippen LogP contribution in [0.2, 0.25) is 10.0 Å². The highest BCUT2D eigenvalue weighted by atomic mass is 35.5. The highest BCUT2D eigenvalue weighted by Crippen LogP contribution is 2.33. The Morgan fingerprint density at radius 2 is 1.35 bits per heavy atom. The van der Waals surface area contributed by atoms with Gasteiger partial charge in [0.1, 0.15) is 0 Å². The molecule has 1 aliphatic carbocycles. The number of nitrogens with one attached hydrogen (secondary N) is 2. The van der Waals surface area contributed by atoms with Crippen molar-refractivity contribution in [2.45, 2.75) is 56.4 Å². The number of carboxylic acids is 2. The van der Waals surface area contributed by atoms with Crippen molar-refractivity contribution in [3.05, 3.63) is 123 Å². The highest BCUT2D eigenvalue weighted by Gasteiger charge is 2.35. The highest BCUT2D eigenvalue weighted by molar-refractivity contribution is 7.89. The Morgan fingerprint density at radius 1 is 0.750 bits per heavy atom. The van der Waals surface area contributed by atoms with Crippen molar-refractivity contribution in [1.29, 1.82) is 0 Å². The fourth-order valence-corrected chi connectivity index (χ4v) is 8.32. The van der Waals surface area contributed by atoms with Crippen molar-refractivity contribution >= 4 is 68.4 Å². The van der Waals surface area contributed by atoms with Gasteiger partial charge in [0.05, 0.1) is 37.7 Å². The number of carboxylic acid groups (broad SMARTS) is 2. The van der Waals surface area contributed by atoms with E-state index in [1.165, 1.54) is 40.7 Å². The number of anilines is 2. The third-order valence-electron chi connectivity index (χ3n) is 9.14. The van der Waals surface area contributed by atoms with Crippen LogP contribution in [0.4, 0.5) is 11.4 Å². The number of amides is 2. The minimum absolute atomic E-state index is 0.0227. The van der Waals surface area contributed by atoms with Gasteiger partial charge in [0.2, 0.25) is 10.0 Å². The summed E-state index contributed by atoms with van der Waals surface area (Å²) in [4.78, 5) is 49.4. The molecule has 1 aliphatic rings. The molecule has 0 saturated heterocycles. The van der Waals surface area contributed by atoms with E-state index in [1.807, 2.05) is 12.1 Å². The van der Waals surface area contributed by atoms with E-state index >= 15 is 0 Å².